The van der Waals surface area contributed by atoms with Crippen molar-refractivity contribution in [2.24, 2.45) is 5.11 Å². The first-order valence-corrected chi connectivity index (χ1v) is 7.55. The van der Waals surface area contributed by atoms with E-state index in [-0.39, 0.29) is 0 Å². The molecule has 2 fully saturated rings. The van der Waals surface area contributed by atoms with Gasteiger partial charge < -0.3 is 20.7 Å². The molecule has 9 nitrogen and oxygen atoms in total. The summed E-state index contributed by atoms with van der Waals surface area (Å²) < 4.78 is 6.31. The number of azide groups is 1. The summed E-state index contributed by atoms with van der Waals surface area (Å²) in [6.45, 7) is 0. The van der Waals surface area contributed by atoms with E-state index in [1.54, 1.807) is 5.38 Å². The normalized spacial score (nSPS) is 39.5. The first-order valence-electron chi connectivity index (χ1n) is 6.23. The zero-order valence-corrected chi connectivity index (χ0v) is 12.4. The van der Waals surface area contributed by atoms with Crippen LogP contribution in [0.5, 0.6) is 0 Å². The third-order valence-electron chi connectivity index (χ3n) is 4.18. The van der Waals surface area contributed by atoms with E-state index in [1.807, 2.05) is 0 Å². The van der Waals surface area contributed by atoms with Gasteiger partial charge in [0.1, 0.15) is 24.4 Å². The Hall–Kier alpha value is -1.68. The SMILES string of the molecule is [N-]=[N+]=NC12O[C@@H](c3csc4c(N)ncnc34)[C@H](Cl)[C@@]1(O)C2O. The molecule has 2 aromatic heterocycles. The Morgan fingerprint density at radius 2 is 2.32 bits per heavy atom. The number of rotatable bonds is 2. The van der Waals surface area contributed by atoms with Gasteiger partial charge >= 0.3 is 0 Å². The largest absolute Gasteiger partial charge is 0.387 e. The molecule has 4 N–H and O–H groups in total. The molecule has 4 rings (SSSR count). The van der Waals surface area contributed by atoms with Gasteiger partial charge in [0.25, 0.3) is 0 Å². The summed E-state index contributed by atoms with van der Waals surface area (Å²) in [7, 11) is 0. The van der Waals surface area contributed by atoms with Crippen molar-refractivity contribution < 1.29 is 14.9 Å². The Balaban J connectivity index is 1.82. The molecule has 0 radical (unpaired) electrons. The quantitative estimate of drug-likeness (QED) is 0.322. The first-order chi connectivity index (χ1) is 10.5. The fourth-order valence-corrected chi connectivity index (χ4v) is 4.36. The van der Waals surface area contributed by atoms with Gasteiger partial charge in [0.2, 0.25) is 5.72 Å². The predicted molar refractivity (Wildman–Crippen MR) is 78.1 cm³/mol. The van der Waals surface area contributed by atoms with Crippen LogP contribution in [0.25, 0.3) is 20.7 Å². The van der Waals surface area contributed by atoms with Crippen LogP contribution in [0.4, 0.5) is 5.82 Å². The van der Waals surface area contributed by atoms with Gasteiger partial charge in [-0.25, -0.2) is 9.97 Å². The van der Waals surface area contributed by atoms with Crippen LogP contribution in [-0.2, 0) is 4.74 Å². The lowest BCUT2D eigenvalue weighted by Crippen LogP contribution is -2.30. The number of halogens is 1. The molecule has 2 aromatic rings. The van der Waals surface area contributed by atoms with Crippen molar-refractivity contribution in [2.45, 2.75) is 28.9 Å². The Labute approximate surface area is 131 Å². The smallest absolute Gasteiger partial charge is 0.209 e. The van der Waals surface area contributed by atoms with Crippen molar-refractivity contribution in [3.05, 3.63) is 27.7 Å². The second-order valence-corrected chi connectivity index (χ2v) is 6.53. The average molecular weight is 341 g/mol. The van der Waals surface area contributed by atoms with Crippen LogP contribution in [0, 0.1) is 0 Å². The Kier molecular flexibility index (Phi) is 2.66. The molecule has 0 aromatic carbocycles. The summed E-state index contributed by atoms with van der Waals surface area (Å²) in [5.74, 6) is 0.332. The van der Waals surface area contributed by atoms with E-state index in [1.165, 1.54) is 17.7 Å². The number of fused-ring (bicyclic) bond motifs is 2. The molecule has 2 unspecified atom stereocenters. The van der Waals surface area contributed by atoms with E-state index < -0.39 is 28.9 Å². The van der Waals surface area contributed by atoms with Crippen LogP contribution >= 0.6 is 22.9 Å². The maximum absolute atomic E-state index is 10.5. The number of thiophene rings is 1. The second-order valence-electron chi connectivity index (χ2n) is 5.18. The highest BCUT2D eigenvalue weighted by atomic mass is 35.5. The molecule has 11 heteroatoms. The molecule has 2 aliphatic rings. The summed E-state index contributed by atoms with van der Waals surface area (Å²) in [6, 6.07) is 0. The molecule has 0 amide bonds. The number of aliphatic hydroxyl groups is 2. The van der Waals surface area contributed by atoms with Gasteiger partial charge in [0, 0.05) is 10.5 Å². The second kappa shape index (κ2) is 4.19. The lowest BCUT2D eigenvalue weighted by molar-refractivity contribution is -0.0283. The maximum Gasteiger partial charge on any atom is 0.209 e. The summed E-state index contributed by atoms with van der Waals surface area (Å²) in [6.07, 6.45) is -0.831. The first kappa shape index (κ1) is 13.9. The maximum atomic E-state index is 10.5. The highest BCUT2D eigenvalue weighted by molar-refractivity contribution is 7.18. The molecule has 0 bridgehead atoms. The average Bonchev–Trinajstić information content (AvgIpc) is 2.85. The number of nitrogens with two attached hydrogens (primary N) is 1. The zero-order valence-electron chi connectivity index (χ0n) is 10.8. The number of aliphatic hydroxyl groups excluding tert-OH is 1. The molecule has 5 atom stereocenters. The van der Waals surface area contributed by atoms with Crippen LogP contribution in [0.2, 0.25) is 0 Å². The van der Waals surface area contributed by atoms with E-state index in [0.29, 0.717) is 21.6 Å². The van der Waals surface area contributed by atoms with Crippen LogP contribution in [-0.4, -0.2) is 43.0 Å². The Bertz CT molecular complexity index is 840. The third kappa shape index (κ3) is 1.37. The van der Waals surface area contributed by atoms with Crippen molar-refractivity contribution in [1.82, 2.24) is 9.97 Å². The number of nitrogens with zero attached hydrogens (tertiary/aromatic N) is 5. The van der Waals surface area contributed by atoms with E-state index in [0.717, 1.165) is 0 Å². The van der Waals surface area contributed by atoms with E-state index in [4.69, 9.17) is 27.6 Å². The fourth-order valence-electron chi connectivity index (χ4n) is 2.95. The van der Waals surface area contributed by atoms with Crippen LogP contribution < -0.4 is 5.73 Å². The Morgan fingerprint density at radius 1 is 1.55 bits per heavy atom. The lowest BCUT2D eigenvalue weighted by Gasteiger charge is -2.20. The van der Waals surface area contributed by atoms with Crippen molar-refractivity contribution in [3.63, 3.8) is 0 Å². The van der Waals surface area contributed by atoms with Gasteiger partial charge in [-0.05, 0) is 10.9 Å². The topological polar surface area (TPSA) is 150 Å². The molecule has 22 heavy (non-hydrogen) atoms. The number of hydrogen-bond donors (Lipinski definition) is 3. The molecule has 0 spiro atoms. The predicted octanol–water partition coefficient (Wildman–Crippen LogP) is 1.06. The van der Waals surface area contributed by atoms with E-state index in [9.17, 15) is 10.2 Å². The fraction of sp³-hybridized carbons (Fsp3) is 0.455. The van der Waals surface area contributed by atoms with Gasteiger partial charge in [-0.1, -0.05) is 5.11 Å². The number of hydrogen-bond acceptors (Lipinski definition) is 8. The minimum atomic E-state index is -1.82. The highest BCUT2D eigenvalue weighted by Crippen LogP contribution is 2.66. The number of ether oxygens (including phenoxy) is 1. The molecular formula is C11H9ClN6O3S. The minimum absolute atomic E-state index is 0.332. The van der Waals surface area contributed by atoms with Gasteiger partial charge in [-0.15, -0.1) is 22.9 Å². The monoisotopic (exact) mass is 340 g/mol. The lowest BCUT2D eigenvalue weighted by atomic mass is 10.0. The molecular weight excluding hydrogens is 332 g/mol. The zero-order chi connectivity index (χ0) is 15.7. The summed E-state index contributed by atoms with van der Waals surface area (Å²) in [5.41, 5.74) is 12.0. The van der Waals surface area contributed by atoms with Crippen molar-refractivity contribution in [2.75, 3.05) is 5.73 Å². The van der Waals surface area contributed by atoms with Gasteiger partial charge in [-0.2, -0.15) is 0 Å². The van der Waals surface area contributed by atoms with Crippen molar-refractivity contribution >= 4 is 39.0 Å². The number of alkyl halides is 1. The highest BCUT2D eigenvalue weighted by Gasteiger charge is 2.87. The van der Waals surface area contributed by atoms with Gasteiger partial charge in [0.05, 0.1) is 15.6 Å². The van der Waals surface area contributed by atoms with Gasteiger partial charge in [0.15, 0.2) is 5.60 Å². The molecule has 1 saturated heterocycles. The molecule has 1 aliphatic carbocycles. The number of nitrogen functional groups attached to an aromatic ring is 1. The number of aromatic nitrogens is 2. The van der Waals surface area contributed by atoms with Crippen molar-refractivity contribution in [3.8, 4) is 0 Å². The van der Waals surface area contributed by atoms with E-state index >= 15 is 0 Å². The molecule has 1 aliphatic heterocycles. The molecule has 3 heterocycles. The summed E-state index contributed by atoms with van der Waals surface area (Å²) in [4.78, 5) is 10.7. The molecule has 1 saturated carbocycles. The van der Waals surface area contributed by atoms with Crippen LogP contribution in [0.3, 0.4) is 0 Å². The summed E-state index contributed by atoms with van der Waals surface area (Å²) in [5, 5.41) is 24.5. The minimum Gasteiger partial charge on any atom is -0.387 e. The molecule has 114 valence electrons. The third-order valence-corrected chi connectivity index (χ3v) is 5.75. The van der Waals surface area contributed by atoms with Gasteiger partial charge in [-0.3, -0.25) is 0 Å². The van der Waals surface area contributed by atoms with E-state index in [2.05, 4.69) is 20.0 Å². The van der Waals surface area contributed by atoms with Crippen molar-refractivity contribution in [1.29, 1.82) is 0 Å². The standard InChI is InChI=1S/C11H9ClN6O3S/c12-7-5(21-11(17-18-14)9(19)10(7,11)20)3-1-22-6-4(3)15-2-16-8(6)13/h1-2,5,7,9,19-20H,(H2,13,15,16)/t5-,7-,9?,10+,11?/m0/s1. The Morgan fingerprint density at radius 3 is 3.05 bits per heavy atom. The summed E-state index contributed by atoms with van der Waals surface area (Å²) >= 11 is 7.60. The number of anilines is 1. The van der Waals surface area contributed by atoms with Crippen LogP contribution in [0.1, 0.15) is 11.7 Å². The van der Waals surface area contributed by atoms with Crippen LogP contribution in [0.15, 0.2) is 16.8 Å².